The minimum absolute atomic E-state index is 0.720. The molecule has 0 radical (unpaired) electrons. The van der Waals surface area contributed by atoms with Gasteiger partial charge in [-0.05, 0) is 62.6 Å². The predicted octanol–water partition coefficient (Wildman–Crippen LogP) is 9.44. The zero-order valence-electron chi connectivity index (χ0n) is 21.6. The van der Waals surface area contributed by atoms with Crippen LogP contribution in [0.2, 0.25) is 0 Å². The SMILES string of the molecule is c1ccc(-c2cc(-c3cccc(-c4ccccn4)c3)nc(-c3ccc4ccc5cccc6ccc3c4c56)n2)cc1. The Kier molecular flexibility index (Phi) is 5.14. The summed E-state index contributed by atoms with van der Waals surface area (Å²) in [7, 11) is 0. The fourth-order valence-electron chi connectivity index (χ4n) is 5.77. The molecule has 0 spiro atoms. The molecule has 0 fully saturated rings. The van der Waals surface area contributed by atoms with E-state index in [1.165, 1.54) is 32.3 Å². The third-order valence-corrected chi connectivity index (χ3v) is 7.68. The minimum Gasteiger partial charge on any atom is -0.256 e. The zero-order chi connectivity index (χ0) is 26.5. The largest absolute Gasteiger partial charge is 0.256 e. The third kappa shape index (κ3) is 3.71. The number of nitrogens with zero attached hydrogens (tertiary/aromatic N) is 3. The first kappa shape index (κ1) is 22.6. The van der Waals surface area contributed by atoms with Gasteiger partial charge in [0.05, 0.1) is 17.1 Å². The Morgan fingerprint density at radius 2 is 1.02 bits per heavy atom. The second kappa shape index (κ2) is 9.11. The van der Waals surface area contributed by atoms with Crippen molar-refractivity contribution in [3.8, 4) is 45.2 Å². The molecule has 2 heterocycles. The minimum atomic E-state index is 0.720. The topological polar surface area (TPSA) is 38.7 Å². The fraction of sp³-hybridized carbons (Fsp3) is 0. The van der Waals surface area contributed by atoms with Crippen LogP contribution >= 0.6 is 0 Å². The van der Waals surface area contributed by atoms with Crippen molar-refractivity contribution in [3.63, 3.8) is 0 Å². The lowest BCUT2D eigenvalue weighted by atomic mass is 9.91. The van der Waals surface area contributed by atoms with E-state index in [0.717, 1.165) is 45.2 Å². The van der Waals surface area contributed by atoms with Crippen LogP contribution in [-0.4, -0.2) is 15.0 Å². The molecule has 0 saturated carbocycles. The molecule has 3 heteroatoms. The van der Waals surface area contributed by atoms with E-state index < -0.39 is 0 Å². The fourth-order valence-corrected chi connectivity index (χ4v) is 5.77. The Hall–Kier alpha value is -5.41. The van der Waals surface area contributed by atoms with Gasteiger partial charge in [-0.25, -0.2) is 9.97 Å². The molecule has 8 aromatic rings. The van der Waals surface area contributed by atoms with E-state index in [4.69, 9.17) is 9.97 Å². The summed E-state index contributed by atoms with van der Waals surface area (Å²) in [6.45, 7) is 0. The monoisotopic (exact) mass is 509 g/mol. The normalized spacial score (nSPS) is 11.5. The molecule has 2 aromatic heterocycles. The summed E-state index contributed by atoms with van der Waals surface area (Å²) >= 11 is 0. The molecule has 8 rings (SSSR count). The Bertz CT molecular complexity index is 2140. The van der Waals surface area contributed by atoms with Crippen molar-refractivity contribution < 1.29 is 0 Å². The van der Waals surface area contributed by atoms with E-state index in [2.05, 4.69) is 114 Å². The number of rotatable bonds is 4. The van der Waals surface area contributed by atoms with Crippen LogP contribution in [0.25, 0.3) is 77.5 Å². The van der Waals surface area contributed by atoms with Crippen molar-refractivity contribution in [1.82, 2.24) is 15.0 Å². The van der Waals surface area contributed by atoms with Crippen molar-refractivity contribution in [1.29, 1.82) is 0 Å². The molecular weight excluding hydrogens is 486 g/mol. The summed E-state index contributed by atoms with van der Waals surface area (Å²) in [4.78, 5) is 14.9. The number of aromatic nitrogens is 3. The smallest absolute Gasteiger partial charge is 0.161 e. The molecule has 0 aliphatic rings. The van der Waals surface area contributed by atoms with Crippen LogP contribution in [0, 0.1) is 0 Å². The molecule has 6 aromatic carbocycles. The average molecular weight is 510 g/mol. The molecule has 186 valence electrons. The van der Waals surface area contributed by atoms with Crippen LogP contribution in [0.4, 0.5) is 0 Å². The van der Waals surface area contributed by atoms with Crippen molar-refractivity contribution >= 4 is 32.3 Å². The second-order valence-electron chi connectivity index (χ2n) is 10.1. The quantitative estimate of drug-likeness (QED) is 0.222. The maximum atomic E-state index is 5.18. The van der Waals surface area contributed by atoms with Gasteiger partial charge in [-0.3, -0.25) is 4.98 Å². The van der Waals surface area contributed by atoms with Gasteiger partial charge in [-0.2, -0.15) is 0 Å². The summed E-state index contributed by atoms with van der Waals surface area (Å²) in [5.41, 5.74) is 6.90. The second-order valence-corrected chi connectivity index (χ2v) is 10.1. The summed E-state index contributed by atoms with van der Waals surface area (Å²) in [5.74, 6) is 0.720. The first-order chi connectivity index (χ1) is 19.8. The van der Waals surface area contributed by atoms with Crippen LogP contribution in [0.5, 0.6) is 0 Å². The molecular formula is C37H23N3. The van der Waals surface area contributed by atoms with Gasteiger partial charge in [-0.1, -0.05) is 103 Å². The van der Waals surface area contributed by atoms with Gasteiger partial charge < -0.3 is 0 Å². The highest BCUT2D eigenvalue weighted by Crippen LogP contribution is 2.39. The molecule has 0 bridgehead atoms. The molecule has 0 aliphatic heterocycles. The Labute approximate surface area is 231 Å². The van der Waals surface area contributed by atoms with Gasteiger partial charge in [0.15, 0.2) is 5.82 Å². The average Bonchev–Trinajstić information content (AvgIpc) is 3.04. The Morgan fingerprint density at radius 1 is 0.400 bits per heavy atom. The van der Waals surface area contributed by atoms with Gasteiger partial charge in [-0.15, -0.1) is 0 Å². The standard InChI is InChI=1S/C37H23N3/c1-2-8-24(9-3-1)33-23-34(29-13-7-12-28(22-29)32-14-4-5-21-38-32)40-37(39-33)31-20-18-27-16-15-25-10-6-11-26-17-19-30(31)36(27)35(25)26/h1-23H. The molecule has 0 N–H and O–H groups in total. The summed E-state index contributed by atoms with van der Waals surface area (Å²) < 4.78 is 0. The summed E-state index contributed by atoms with van der Waals surface area (Å²) in [6, 6.07) is 46.6. The van der Waals surface area contributed by atoms with Crippen LogP contribution < -0.4 is 0 Å². The van der Waals surface area contributed by atoms with E-state index >= 15 is 0 Å². The highest BCUT2D eigenvalue weighted by atomic mass is 14.9. The van der Waals surface area contributed by atoms with Gasteiger partial charge in [0.25, 0.3) is 0 Å². The molecule has 0 aliphatic carbocycles. The van der Waals surface area contributed by atoms with Crippen molar-refractivity contribution in [2.24, 2.45) is 0 Å². The lowest BCUT2D eigenvalue weighted by Crippen LogP contribution is -1.97. The number of pyridine rings is 1. The number of benzene rings is 6. The highest BCUT2D eigenvalue weighted by molar-refractivity contribution is 6.25. The molecule has 3 nitrogen and oxygen atoms in total. The predicted molar refractivity (Wildman–Crippen MR) is 165 cm³/mol. The van der Waals surface area contributed by atoms with Gasteiger partial charge in [0.1, 0.15) is 0 Å². The van der Waals surface area contributed by atoms with Crippen LogP contribution in [-0.2, 0) is 0 Å². The number of hydrogen-bond acceptors (Lipinski definition) is 3. The summed E-state index contributed by atoms with van der Waals surface area (Å²) in [6.07, 6.45) is 1.83. The Morgan fingerprint density at radius 3 is 1.80 bits per heavy atom. The van der Waals surface area contributed by atoms with Crippen molar-refractivity contribution in [2.45, 2.75) is 0 Å². The van der Waals surface area contributed by atoms with Crippen LogP contribution in [0.15, 0.2) is 140 Å². The molecule has 0 atom stereocenters. The molecule has 0 amide bonds. The Balaban J connectivity index is 1.38. The maximum absolute atomic E-state index is 5.18. The van der Waals surface area contributed by atoms with Gasteiger partial charge in [0.2, 0.25) is 0 Å². The van der Waals surface area contributed by atoms with E-state index in [9.17, 15) is 0 Å². The summed E-state index contributed by atoms with van der Waals surface area (Å²) in [5, 5.41) is 7.45. The first-order valence-electron chi connectivity index (χ1n) is 13.5. The van der Waals surface area contributed by atoms with Crippen molar-refractivity contribution in [2.75, 3.05) is 0 Å². The molecule has 0 unspecified atom stereocenters. The van der Waals surface area contributed by atoms with Crippen LogP contribution in [0.3, 0.4) is 0 Å². The third-order valence-electron chi connectivity index (χ3n) is 7.68. The van der Waals surface area contributed by atoms with Gasteiger partial charge >= 0.3 is 0 Å². The first-order valence-corrected chi connectivity index (χ1v) is 13.5. The van der Waals surface area contributed by atoms with E-state index in [-0.39, 0.29) is 0 Å². The van der Waals surface area contributed by atoms with Gasteiger partial charge in [0, 0.05) is 28.5 Å². The highest BCUT2D eigenvalue weighted by Gasteiger charge is 2.16. The van der Waals surface area contributed by atoms with E-state index in [1.807, 2.05) is 30.5 Å². The van der Waals surface area contributed by atoms with E-state index in [0.29, 0.717) is 0 Å². The zero-order valence-corrected chi connectivity index (χ0v) is 21.6. The lowest BCUT2D eigenvalue weighted by molar-refractivity contribution is 1.19. The maximum Gasteiger partial charge on any atom is 0.161 e. The molecule has 0 saturated heterocycles. The van der Waals surface area contributed by atoms with Crippen LogP contribution in [0.1, 0.15) is 0 Å². The number of hydrogen-bond donors (Lipinski definition) is 0. The lowest BCUT2D eigenvalue weighted by Gasteiger charge is -2.15. The van der Waals surface area contributed by atoms with Crippen molar-refractivity contribution in [3.05, 3.63) is 140 Å². The molecule has 40 heavy (non-hydrogen) atoms. The van der Waals surface area contributed by atoms with E-state index in [1.54, 1.807) is 0 Å².